The van der Waals surface area contributed by atoms with Crippen molar-refractivity contribution in [3.63, 3.8) is 0 Å². The van der Waals surface area contributed by atoms with Gasteiger partial charge in [-0.05, 0) is 55.3 Å². The number of rotatable bonds is 4. The second kappa shape index (κ2) is 9.06. The number of hydrogen-bond acceptors (Lipinski definition) is 3. The van der Waals surface area contributed by atoms with E-state index in [1.165, 1.54) is 5.56 Å². The van der Waals surface area contributed by atoms with Crippen LogP contribution in [0.1, 0.15) is 38.9 Å². The Morgan fingerprint density at radius 3 is 2.06 bits per heavy atom. The van der Waals surface area contributed by atoms with Crippen LogP contribution < -0.4 is 0 Å². The Labute approximate surface area is 190 Å². The number of aryl methyl sites for hydroxylation is 1. The molecule has 6 nitrogen and oxygen atoms in total. The molecule has 3 aromatic rings. The molecule has 0 bridgehead atoms. The van der Waals surface area contributed by atoms with Gasteiger partial charge in [0.25, 0.3) is 11.8 Å². The molecule has 31 heavy (non-hydrogen) atoms. The van der Waals surface area contributed by atoms with Crippen LogP contribution in [-0.4, -0.2) is 57.6 Å². The molecule has 0 radical (unpaired) electrons. The zero-order valence-corrected chi connectivity index (χ0v) is 19.3. The number of hydrogen-bond donors (Lipinski definition) is 0. The molecule has 1 aliphatic rings. The summed E-state index contributed by atoms with van der Waals surface area (Å²) >= 11 is 3.43. The molecule has 4 rings (SSSR count). The normalized spacial score (nSPS) is 14.0. The fraction of sp³-hybridized carbons (Fsp3) is 0.292. The van der Waals surface area contributed by atoms with E-state index in [4.69, 9.17) is 0 Å². The van der Waals surface area contributed by atoms with E-state index >= 15 is 0 Å². The lowest BCUT2D eigenvalue weighted by atomic mass is 10.1. The molecule has 0 spiro atoms. The summed E-state index contributed by atoms with van der Waals surface area (Å²) in [7, 11) is 0. The molecule has 0 atom stereocenters. The Hall–Kier alpha value is -2.93. The first-order valence-corrected chi connectivity index (χ1v) is 11.2. The third-order valence-corrected chi connectivity index (χ3v) is 6.30. The third kappa shape index (κ3) is 4.42. The fourth-order valence-electron chi connectivity index (χ4n) is 3.81. The summed E-state index contributed by atoms with van der Waals surface area (Å²) in [6, 6.07) is 15.6. The van der Waals surface area contributed by atoms with Gasteiger partial charge < -0.3 is 9.80 Å². The summed E-state index contributed by atoms with van der Waals surface area (Å²) in [4.78, 5) is 29.5. The monoisotopic (exact) mass is 480 g/mol. The van der Waals surface area contributed by atoms with Crippen molar-refractivity contribution < 1.29 is 9.59 Å². The van der Waals surface area contributed by atoms with Crippen LogP contribution in [0, 0.1) is 6.92 Å². The van der Waals surface area contributed by atoms with Crippen molar-refractivity contribution in [2.75, 3.05) is 26.2 Å². The van der Waals surface area contributed by atoms with E-state index in [1.54, 1.807) is 15.8 Å². The Kier molecular flexibility index (Phi) is 6.23. The lowest BCUT2D eigenvalue weighted by molar-refractivity contribution is 0.0535. The van der Waals surface area contributed by atoms with Crippen LogP contribution >= 0.6 is 15.9 Å². The van der Waals surface area contributed by atoms with Gasteiger partial charge in [0.15, 0.2) is 0 Å². The molecule has 1 aliphatic heterocycles. The summed E-state index contributed by atoms with van der Waals surface area (Å²) in [5.41, 5.74) is 4.22. The van der Waals surface area contributed by atoms with E-state index in [1.807, 2.05) is 60.4 Å². The number of piperazine rings is 1. The number of carbonyl (C=O) groups is 2. The van der Waals surface area contributed by atoms with Gasteiger partial charge in [0.1, 0.15) is 0 Å². The minimum Gasteiger partial charge on any atom is -0.335 e. The largest absolute Gasteiger partial charge is 0.335 e. The van der Waals surface area contributed by atoms with E-state index in [9.17, 15) is 9.59 Å². The SMILES string of the molecule is CCc1ccc(C(=O)N2CCN(C(=O)c3cnn(-c4ccc(Br)cc4)c3C)CC2)cc1. The molecule has 2 aromatic carbocycles. The van der Waals surface area contributed by atoms with Gasteiger partial charge in [-0.3, -0.25) is 9.59 Å². The molecule has 1 fully saturated rings. The summed E-state index contributed by atoms with van der Waals surface area (Å²) in [5, 5.41) is 4.42. The topological polar surface area (TPSA) is 58.4 Å². The molecule has 1 saturated heterocycles. The van der Waals surface area contributed by atoms with Gasteiger partial charge in [-0.25, -0.2) is 4.68 Å². The Morgan fingerprint density at radius 1 is 0.903 bits per heavy atom. The molecule has 0 aliphatic carbocycles. The van der Waals surface area contributed by atoms with Crippen molar-refractivity contribution in [2.45, 2.75) is 20.3 Å². The zero-order chi connectivity index (χ0) is 22.0. The second-order valence-corrected chi connectivity index (χ2v) is 8.58. The number of halogens is 1. The van der Waals surface area contributed by atoms with Gasteiger partial charge in [0.2, 0.25) is 0 Å². The van der Waals surface area contributed by atoms with Crippen LogP contribution in [0.25, 0.3) is 5.69 Å². The molecule has 2 amide bonds. The maximum atomic E-state index is 13.1. The van der Waals surface area contributed by atoms with E-state index < -0.39 is 0 Å². The molecule has 1 aromatic heterocycles. The van der Waals surface area contributed by atoms with Gasteiger partial charge >= 0.3 is 0 Å². The smallest absolute Gasteiger partial charge is 0.257 e. The summed E-state index contributed by atoms with van der Waals surface area (Å²) in [6.07, 6.45) is 2.58. The van der Waals surface area contributed by atoms with Gasteiger partial charge in [-0.15, -0.1) is 0 Å². The van der Waals surface area contributed by atoms with Crippen LogP contribution in [0.2, 0.25) is 0 Å². The Bertz CT molecular complexity index is 1080. The first-order chi connectivity index (χ1) is 15.0. The van der Waals surface area contributed by atoms with Crippen LogP contribution in [0.15, 0.2) is 59.2 Å². The highest BCUT2D eigenvalue weighted by molar-refractivity contribution is 9.10. The van der Waals surface area contributed by atoms with Gasteiger partial charge in [0.05, 0.1) is 23.1 Å². The highest BCUT2D eigenvalue weighted by Crippen LogP contribution is 2.19. The summed E-state index contributed by atoms with van der Waals surface area (Å²) in [6.45, 7) is 6.08. The minimum absolute atomic E-state index is 0.0222. The van der Waals surface area contributed by atoms with Crippen LogP contribution in [0.4, 0.5) is 0 Å². The number of aromatic nitrogens is 2. The first-order valence-electron chi connectivity index (χ1n) is 10.5. The average molecular weight is 481 g/mol. The van der Waals surface area contributed by atoms with Crippen molar-refractivity contribution in [1.29, 1.82) is 0 Å². The highest BCUT2D eigenvalue weighted by atomic mass is 79.9. The molecule has 7 heteroatoms. The van der Waals surface area contributed by atoms with Crippen LogP contribution in [-0.2, 0) is 6.42 Å². The van der Waals surface area contributed by atoms with E-state index in [-0.39, 0.29) is 11.8 Å². The van der Waals surface area contributed by atoms with Crippen molar-refractivity contribution in [3.8, 4) is 5.69 Å². The number of benzene rings is 2. The third-order valence-electron chi connectivity index (χ3n) is 5.77. The van der Waals surface area contributed by atoms with E-state index in [0.717, 1.165) is 22.3 Å². The van der Waals surface area contributed by atoms with Crippen LogP contribution in [0.3, 0.4) is 0 Å². The number of nitrogens with zero attached hydrogens (tertiary/aromatic N) is 4. The molecule has 160 valence electrons. The average Bonchev–Trinajstić information content (AvgIpc) is 3.20. The Morgan fingerprint density at radius 2 is 1.48 bits per heavy atom. The molecule has 2 heterocycles. The van der Waals surface area contributed by atoms with Gasteiger partial charge in [0, 0.05) is 36.2 Å². The predicted molar refractivity (Wildman–Crippen MR) is 124 cm³/mol. The number of amides is 2. The minimum atomic E-state index is -0.0414. The highest BCUT2D eigenvalue weighted by Gasteiger charge is 2.27. The van der Waals surface area contributed by atoms with E-state index in [2.05, 4.69) is 28.0 Å². The van der Waals surface area contributed by atoms with Crippen molar-refractivity contribution in [3.05, 3.63) is 81.6 Å². The van der Waals surface area contributed by atoms with Crippen molar-refractivity contribution in [2.24, 2.45) is 0 Å². The van der Waals surface area contributed by atoms with Gasteiger partial charge in [-0.1, -0.05) is 35.0 Å². The number of carbonyl (C=O) groups excluding carboxylic acids is 2. The standard InChI is InChI=1S/C24H25BrN4O2/c1-3-18-4-6-19(7-5-18)23(30)27-12-14-28(15-13-27)24(31)22-16-26-29(17(22)2)21-10-8-20(25)9-11-21/h4-11,16H,3,12-15H2,1-2H3. The summed E-state index contributed by atoms with van der Waals surface area (Å²) in [5.74, 6) is -0.0192. The molecular formula is C24H25BrN4O2. The zero-order valence-electron chi connectivity index (χ0n) is 17.7. The Balaban J connectivity index is 1.41. The van der Waals surface area contributed by atoms with Crippen molar-refractivity contribution in [1.82, 2.24) is 19.6 Å². The summed E-state index contributed by atoms with van der Waals surface area (Å²) < 4.78 is 2.77. The molecule has 0 N–H and O–H groups in total. The lowest BCUT2D eigenvalue weighted by Gasteiger charge is -2.34. The van der Waals surface area contributed by atoms with Crippen LogP contribution in [0.5, 0.6) is 0 Å². The molecular weight excluding hydrogens is 456 g/mol. The fourth-order valence-corrected chi connectivity index (χ4v) is 4.08. The predicted octanol–water partition coefficient (Wildman–Crippen LogP) is 4.10. The van der Waals surface area contributed by atoms with Gasteiger partial charge in [-0.2, -0.15) is 5.10 Å². The molecule has 0 saturated carbocycles. The molecule has 0 unspecified atom stereocenters. The van der Waals surface area contributed by atoms with Crippen molar-refractivity contribution >= 4 is 27.7 Å². The lowest BCUT2D eigenvalue weighted by Crippen LogP contribution is -2.50. The maximum absolute atomic E-state index is 13.1. The first kappa shape index (κ1) is 21.3. The van der Waals surface area contributed by atoms with E-state index in [0.29, 0.717) is 37.3 Å². The second-order valence-electron chi connectivity index (χ2n) is 7.67. The maximum Gasteiger partial charge on any atom is 0.257 e. The quantitative estimate of drug-likeness (QED) is 0.564.